The molecule has 24 heavy (non-hydrogen) atoms. The number of amidine groups is 1. The van der Waals surface area contributed by atoms with Gasteiger partial charge in [0.25, 0.3) is 0 Å². The lowest BCUT2D eigenvalue weighted by molar-refractivity contribution is -0.0441. The first-order valence-corrected chi connectivity index (χ1v) is 8.15. The van der Waals surface area contributed by atoms with E-state index in [9.17, 15) is 0 Å². The van der Waals surface area contributed by atoms with Crippen LogP contribution in [-0.2, 0) is 9.47 Å². The molecular weight excluding hydrogens is 302 g/mol. The molecule has 1 saturated heterocycles. The van der Waals surface area contributed by atoms with Crippen LogP contribution in [0, 0.1) is 0 Å². The molecule has 0 saturated carbocycles. The molecule has 5 heteroatoms. The average Bonchev–Trinajstić information content (AvgIpc) is 3.34. The first-order valence-electron chi connectivity index (χ1n) is 8.15. The zero-order valence-corrected chi connectivity index (χ0v) is 13.3. The molecule has 0 amide bonds. The van der Waals surface area contributed by atoms with Crippen molar-refractivity contribution < 1.29 is 9.47 Å². The molecule has 0 aliphatic carbocycles. The van der Waals surface area contributed by atoms with Gasteiger partial charge in [-0.05, 0) is 29.8 Å². The second kappa shape index (κ2) is 6.95. The number of aliphatic imine (C=N–C) groups is 1. The van der Waals surface area contributed by atoms with Crippen molar-refractivity contribution in [3.63, 3.8) is 0 Å². The fourth-order valence-corrected chi connectivity index (χ4v) is 2.88. The van der Waals surface area contributed by atoms with Crippen molar-refractivity contribution in [2.24, 2.45) is 4.99 Å². The SMILES string of the molecule is C(=C(c1cccc(C2OCCO2)c1)c1ccccn1)C1=NCCN1. The van der Waals surface area contributed by atoms with Crippen molar-refractivity contribution in [2.45, 2.75) is 6.29 Å². The lowest BCUT2D eigenvalue weighted by atomic mass is 9.99. The molecule has 5 nitrogen and oxygen atoms in total. The van der Waals surface area contributed by atoms with Gasteiger partial charge in [0.15, 0.2) is 6.29 Å². The minimum absolute atomic E-state index is 0.281. The van der Waals surface area contributed by atoms with E-state index >= 15 is 0 Å². The van der Waals surface area contributed by atoms with Crippen molar-refractivity contribution in [2.75, 3.05) is 26.3 Å². The first kappa shape index (κ1) is 15.1. The van der Waals surface area contributed by atoms with E-state index in [0.717, 1.165) is 41.3 Å². The van der Waals surface area contributed by atoms with Crippen LogP contribution in [0.2, 0.25) is 0 Å². The van der Waals surface area contributed by atoms with Crippen LogP contribution in [0.4, 0.5) is 0 Å². The van der Waals surface area contributed by atoms with Gasteiger partial charge in [0, 0.05) is 23.9 Å². The van der Waals surface area contributed by atoms with Gasteiger partial charge in [0.2, 0.25) is 0 Å². The van der Waals surface area contributed by atoms with Gasteiger partial charge in [0.1, 0.15) is 5.84 Å². The monoisotopic (exact) mass is 321 g/mol. The highest BCUT2D eigenvalue weighted by molar-refractivity contribution is 6.02. The Bertz CT molecular complexity index is 765. The molecule has 3 heterocycles. The van der Waals surface area contributed by atoms with Crippen LogP contribution in [0.3, 0.4) is 0 Å². The van der Waals surface area contributed by atoms with Crippen molar-refractivity contribution in [1.29, 1.82) is 0 Å². The number of benzene rings is 1. The lowest BCUT2D eigenvalue weighted by Gasteiger charge is -2.13. The Kier molecular flexibility index (Phi) is 4.36. The minimum atomic E-state index is -0.281. The summed E-state index contributed by atoms with van der Waals surface area (Å²) in [6, 6.07) is 14.2. The molecule has 4 rings (SSSR count). The normalized spacial score (nSPS) is 18.5. The van der Waals surface area contributed by atoms with E-state index in [1.807, 2.05) is 30.3 Å². The summed E-state index contributed by atoms with van der Waals surface area (Å²) >= 11 is 0. The Morgan fingerprint density at radius 2 is 2.04 bits per heavy atom. The molecule has 2 aromatic rings. The summed E-state index contributed by atoms with van der Waals surface area (Å²) in [5, 5.41) is 3.29. The van der Waals surface area contributed by atoms with Gasteiger partial charge in [0.05, 0.1) is 25.5 Å². The highest BCUT2D eigenvalue weighted by Gasteiger charge is 2.19. The van der Waals surface area contributed by atoms with Crippen molar-refractivity contribution in [3.05, 3.63) is 71.6 Å². The molecule has 2 aliphatic rings. The maximum atomic E-state index is 5.62. The quantitative estimate of drug-likeness (QED) is 0.940. The summed E-state index contributed by atoms with van der Waals surface area (Å²) < 4.78 is 11.2. The van der Waals surface area contributed by atoms with E-state index in [1.54, 1.807) is 6.20 Å². The summed E-state index contributed by atoms with van der Waals surface area (Å²) in [6.07, 6.45) is 3.59. The van der Waals surface area contributed by atoms with Crippen molar-refractivity contribution >= 4 is 11.4 Å². The molecule has 122 valence electrons. The Morgan fingerprint density at radius 1 is 1.12 bits per heavy atom. The van der Waals surface area contributed by atoms with Gasteiger partial charge < -0.3 is 14.8 Å². The maximum absolute atomic E-state index is 5.62. The topological polar surface area (TPSA) is 55.7 Å². The number of rotatable bonds is 4. The molecule has 1 N–H and O–H groups in total. The molecular formula is C19H19N3O2. The summed E-state index contributed by atoms with van der Waals surface area (Å²) in [4.78, 5) is 8.99. The fourth-order valence-electron chi connectivity index (χ4n) is 2.88. The summed E-state index contributed by atoms with van der Waals surface area (Å²) in [7, 11) is 0. The largest absolute Gasteiger partial charge is 0.369 e. The Balaban J connectivity index is 1.74. The number of pyridine rings is 1. The number of ether oxygens (including phenoxy) is 2. The third-order valence-electron chi connectivity index (χ3n) is 4.01. The van der Waals surface area contributed by atoms with Crippen LogP contribution in [0.1, 0.15) is 23.1 Å². The summed E-state index contributed by atoms with van der Waals surface area (Å²) in [6.45, 7) is 2.97. The van der Waals surface area contributed by atoms with Gasteiger partial charge in [-0.3, -0.25) is 9.98 Å². The Hall–Kier alpha value is -2.50. The molecule has 0 atom stereocenters. The van der Waals surface area contributed by atoms with Crippen LogP contribution in [0.25, 0.3) is 5.57 Å². The summed E-state index contributed by atoms with van der Waals surface area (Å²) in [5.41, 5.74) is 4.04. The Labute approximate surface area is 141 Å². The Morgan fingerprint density at radius 3 is 2.79 bits per heavy atom. The van der Waals surface area contributed by atoms with E-state index in [-0.39, 0.29) is 6.29 Å². The number of aromatic nitrogens is 1. The lowest BCUT2D eigenvalue weighted by Crippen LogP contribution is -2.16. The zero-order chi connectivity index (χ0) is 16.2. The highest BCUT2D eigenvalue weighted by Crippen LogP contribution is 2.28. The van der Waals surface area contributed by atoms with E-state index < -0.39 is 0 Å². The minimum Gasteiger partial charge on any atom is -0.369 e. The van der Waals surface area contributed by atoms with Gasteiger partial charge in [-0.25, -0.2) is 0 Å². The molecule has 2 aliphatic heterocycles. The van der Waals surface area contributed by atoms with E-state index in [1.165, 1.54) is 0 Å². The maximum Gasteiger partial charge on any atom is 0.184 e. The fraction of sp³-hybridized carbons (Fsp3) is 0.263. The smallest absolute Gasteiger partial charge is 0.184 e. The number of nitrogens with one attached hydrogen (secondary N) is 1. The molecule has 0 radical (unpaired) electrons. The molecule has 0 unspecified atom stereocenters. The number of nitrogens with zero attached hydrogens (tertiary/aromatic N) is 2. The summed E-state index contributed by atoms with van der Waals surface area (Å²) in [5.74, 6) is 0.898. The van der Waals surface area contributed by atoms with Gasteiger partial charge in [-0.15, -0.1) is 0 Å². The van der Waals surface area contributed by atoms with Crippen molar-refractivity contribution in [3.8, 4) is 0 Å². The van der Waals surface area contributed by atoms with Crippen LogP contribution in [0.15, 0.2) is 59.7 Å². The van der Waals surface area contributed by atoms with Crippen LogP contribution >= 0.6 is 0 Å². The van der Waals surface area contributed by atoms with Gasteiger partial charge in [-0.1, -0.05) is 24.3 Å². The molecule has 1 fully saturated rings. The van der Waals surface area contributed by atoms with Crippen molar-refractivity contribution in [1.82, 2.24) is 10.3 Å². The van der Waals surface area contributed by atoms with Gasteiger partial charge in [-0.2, -0.15) is 0 Å². The predicted octanol–water partition coefficient (Wildman–Crippen LogP) is 2.56. The van der Waals surface area contributed by atoms with E-state index in [2.05, 4.69) is 33.5 Å². The molecule has 1 aromatic heterocycles. The van der Waals surface area contributed by atoms with Crippen LogP contribution in [0.5, 0.6) is 0 Å². The zero-order valence-electron chi connectivity index (χ0n) is 13.3. The third-order valence-corrected chi connectivity index (χ3v) is 4.01. The second-order valence-electron chi connectivity index (χ2n) is 5.67. The molecule has 0 bridgehead atoms. The first-order chi connectivity index (χ1) is 11.9. The highest BCUT2D eigenvalue weighted by atomic mass is 16.7. The van der Waals surface area contributed by atoms with Gasteiger partial charge >= 0.3 is 0 Å². The third kappa shape index (κ3) is 3.22. The van der Waals surface area contributed by atoms with Crippen LogP contribution < -0.4 is 5.32 Å². The molecule has 1 aromatic carbocycles. The average molecular weight is 321 g/mol. The van der Waals surface area contributed by atoms with E-state index in [0.29, 0.717) is 13.2 Å². The standard InChI is InChI=1S/C19H19N3O2/c1-2-7-20-17(6-1)16(13-18-21-8-9-22-18)14-4-3-5-15(12-14)19-23-10-11-24-19/h1-7,12-13,19H,8-11H2,(H,21,22). The number of hydrogen-bond donors (Lipinski definition) is 1. The predicted molar refractivity (Wildman–Crippen MR) is 92.7 cm³/mol. The number of hydrogen-bond acceptors (Lipinski definition) is 5. The molecule has 0 spiro atoms. The van der Waals surface area contributed by atoms with E-state index in [4.69, 9.17) is 9.47 Å². The second-order valence-corrected chi connectivity index (χ2v) is 5.67. The van der Waals surface area contributed by atoms with Crippen LogP contribution in [-0.4, -0.2) is 37.1 Å².